The molecular weight excluding hydrogens is 292 g/mol. The average Bonchev–Trinajstić information content (AvgIpc) is 2.46. The SMILES string of the molecule is CCCCCCCC(C)(CCCCCCC)S(=O)(=O)CCC. The van der Waals surface area contributed by atoms with E-state index in [0.29, 0.717) is 5.75 Å². The lowest BCUT2D eigenvalue weighted by molar-refractivity contribution is 0.435. The molecule has 0 aliphatic rings. The second-order valence-corrected chi connectivity index (χ2v) is 9.72. The Labute approximate surface area is 140 Å². The van der Waals surface area contributed by atoms with Gasteiger partial charge in [-0.2, -0.15) is 0 Å². The zero-order valence-corrected chi connectivity index (χ0v) is 16.4. The molecule has 0 bridgehead atoms. The monoisotopic (exact) mass is 332 g/mol. The van der Waals surface area contributed by atoms with Crippen LogP contribution in [-0.4, -0.2) is 18.9 Å². The van der Waals surface area contributed by atoms with Crippen molar-refractivity contribution in [1.29, 1.82) is 0 Å². The van der Waals surface area contributed by atoms with E-state index < -0.39 is 14.6 Å². The Balaban J connectivity index is 4.48. The van der Waals surface area contributed by atoms with Gasteiger partial charge in [0, 0.05) is 0 Å². The van der Waals surface area contributed by atoms with Crippen LogP contribution in [0.1, 0.15) is 111 Å². The fourth-order valence-corrected chi connectivity index (χ4v) is 5.10. The van der Waals surface area contributed by atoms with Gasteiger partial charge in [0.05, 0.1) is 10.5 Å². The summed E-state index contributed by atoms with van der Waals surface area (Å²) < 4.78 is 24.9. The Morgan fingerprint density at radius 3 is 1.41 bits per heavy atom. The van der Waals surface area contributed by atoms with Crippen molar-refractivity contribution < 1.29 is 8.42 Å². The van der Waals surface area contributed by atoms with Crippen LogP contribution >= 0.6 is 0 Å². The van der Waals surface area contributed by atoms with E-state index in [9.17, 15) is 8.42 Å². The van der Waals surface area contributed by atoms with E-state index in [-0.39, 0.29) is 0 Å². The Morgan fingerprint density at radius 1 is 0.636 bits per heavy atom. The van der Waals surface area contributed by atoms with Crippen molar-refractivity contribution in [3.63, 3.8) is 0 Å². The Morgan fingerprint density at radius 2 is 1.05 bits per heavy atom. The van der Waals surface area contributed by atoms with Gasteiger partial charge in [-0.1, -0.05) is 85.0 Å². The first-order valence-electron chi connectivity index (χ1n) is 9.65. The van der Waals surface area contributed by atoms with Gasteiger partial charge in [0.15, 0.2) is 9.84 Å². The predicted octanol–water partition coefficient (Wildman–Crippen LogP) is 6.29. The highest BCUT2D eigenvalue weighted by molar-refractivity contribution is 7.92. The molecule has 2 nitrogen and oxygen atoms in total. The molecule has 0 saturated heterocycles. The molecule has 0 radical (unpaired) electrons. The van der Waals surface area contributed by atoms with E-state index in [1.165, 1.54) is 51.4 Å². The van der Waals surface area contributed by atoms with Crippen molar-refractivity contribution in [2.24, 2.45) is 0 Å². The molecular formula is C19H40O2S. The van der Waals surface area contributed by atoms with E-state index in [0.717, 1.165) is 32.1 Å². The third-order valence-corrected chi connectivity index (χ3v) is 7.70. The molecule has 0 unspecified atom stereocenters. The van der Waals surface area contributed by atoms with Gasteiger partial charge in [0.1, 0.15) is 0 Å². The van der Waals surface area contributed by atoms with Gasteiger partial charge >= 0.3 is 0 Å². The van der Waals surface area contributed by atoms with Gasteiger partial charge in [0.25, 0.3) is 0 Å². The van der Waals surface area contributed by atoms with Crippen LogP contribution in [-0.2, 0) is 9.84 Å². The molecule has 0 fully saturated rings. The number of hydrogen-bond donors (Lipinski definition) is 0. The van der Waals surface area contributed by atoms with Crippen LogP contribution in [0.25, 0.3) is 0 Å². The van der Waals surface area contributed by atoms with Gasteiger partial charge < -0.3 is 0 Å². The maximum absolute atomic E-state index is 12.7. The first-order chi connectivity index (χ1) is 10.4. The molecule has 22 heavy (non-hydrogen) atoms. The van der Waals surface area contributed by atoms with E-state index in [2.05, 4.69) is 13.8 Å². The lowest BCUT2D eigenvalue weighted by atomic mass is 9.95. The van der Waals surface area contributed by atoms with E-state index in [4.69, 9.17) is 0 Å². The van der Waals surface area contributed by atoms with Crippen LogP contribution in [0.2, 0.25) is 0 Å². The Hall–Kier alpha value is -0.0500. The summed E-state index contributed by atoms with van der Waals surface area (Å²) in [7, 11) is -2.96. The lowest BCUT2D eigenvalue weighted by Gasteiger charge is -2.29. The Kier molecular flexibility index (Phi) is 12.4. The van der Waals surface area contributed by atoms with Crippen molar-refractivity contribution in [2.45, 2.75) is 116 Å². The van der Waals surface area contributed by atoms with Crippen LogP contribution in [0, 0.1) is 0 Å². The highest BCUT2D eigenvalue weighted by atomic mass is 32.2. The van der Waals surface area contributed by atoms with E-state index in [1.54, 1.807) is 0 Å². The summed E-state index contributed by atoms with van der Waals surface area (Å²) in [5.41, 5.74) is 0. The summed E-state index contributed by atoms with van der Waals surface area (Å²) >= 11 is 0. The standard InChI is InChI=1S/C19H40O2S/c1-5-8-10-12-14-16-19(4,22(20,21)18-7-3)17-15-13-11-9-6-2/h5-18H2,1-4H3. The quantitative estimate of drug-likeness (QED) is 0.330. The van der Waals surface area contributed by atoms with Crippen LogP contribution in [0.15, 0.2) is 0 Å². The van der Waals surface area contributed by atoms with Crippen LogP contribution < -0.4 is 0 Å². The maximum atomic E-state index is 12.7. The second kappa shape index (κ2) is 12.4. The first kappa shape index (κ1) is 21.9. The number of hydrogen-bond acceptors (Lipinski definition) is 2. The molecule has 0 aromatic rings. The minimum Gasteiger partial charge on any atom is -0.228 e. The van der Waals surface area contributed by atoms with Gasteiger partial charge in [0.2, 0.25) is 0 Å². The molecule has 134 valence electrons. The molecule has 0 heterocycles. The highest BCUT2D eigenvalue weighted by Gasteiger charge is 2.36. The predicted molar refractivity (Wildman–Crippen MR) is 99.2 cm³/mol. The molecule has 0 spiro atoms. The summed E-state index contributed by atoms with van der Waals surface area (Å²) in [6, 6.07) is 0. The molecule has 0 saturated carbocycles. The third-order valence-electron chi connectivity index (χ3n) is 4.84. The minimum atomic E-state index is -2.96. The van der Waals surface area contributed by atoms with Crippen LogP contribution in [0.5, 0.6) is 0 Å². The van der Waals surface area contributed by atoms with Crippen molar-refractivity contribution >= 4 is 9.84 Å². The topological polar surface area (TPSA) is 34.1 Å². The molecule has 0 aliphatic heterocycles. The summed E-state index contributed by atoms with van der Waals surface area (Å²) in [5, 5.41) is 0. The lowest BCUT2D eigenvalue weighted by Crippen LogP contribution is -2.37. The second-order valence-electron chi connectivity index (χ2n) is 7.10. The number of rotatable bonds is 15. The highest BCUT2D eigenvalue weighted by Crippen LogP contribution is 2.32. The summed E-state index contributed by atoms with van der Waals surface area (Å²) in [6.07, 6.45) is 14.5. The van der Waals surface area contributed by atoms with E-state index >= 15 is 0 Å². The molecule has 0 atom stereocenters. The molecule has 0 amide bonds. The smallest absolute Gasteiger partial charge is 0.155 e. The first-order valence-corrected chi connectivity index (χ1v) is 11.3. The largest absolute Gasteiger partial charge is 0.228 e. The summed E-state index contributed by atoms with van der Waals surface area (Å²) in [5.74, 6) is 0.355. The van der Waals surface area contributed by atoms with Gasteiger partial charge in [-0.3, -0.25) is 0 Å². The van der Waals surface area contributed by atoms with Crippen molar-refractivity contribution in [1.82, 2.24) is 0 Å². The van der Waals surface area contributed by atoms with Gasteiger partial charge in [-0.15, -0.1) is 0 Å². The van der Waals surface area contributed by atoms with Gasteiger partial charge in [-0.25, -0.2) is 8.42 Å². The number of unbranched alkanes of at least 4 members (excludes halogenated alkanes) is 8. The van der Waals surface area contributed by atoms with Crippen LogP contribution in [0.3, 0.4) is 0 Å². The Bertz CT molecular complexity index is 332. The van der Waals surface area contributed by atoms with E-state index in [1.807, 2.05) is 13.8 Å². The fraction of sp³-hybridized carbons (Fsp3) is 1.00. The molecule has 0 N–H and O–H groups in total. The molecule has 0 aromatic carbocycles. The normalized spacial score (nSPS) is 12.7. The number of sulfone groups is 1. The zero-order valence-electron chi connectivity index (χ0n) is 15.6. The average molecular weight is 333 g/mol. The third kappa shape index (κ3) is 8.55. The fourth-order valence-electron chi connectivity index (χ4n) is 3.16. The molecule has 0 aliphatic carbocycles. The molecule has 3 heteroatoms. The zero-order chi connectivity index (χ0) is 16.9. The van der Waals surface area contributed by atoms with Crippen molar-refractivity contribution in [3.05, 3.63) is 0 Å². The minimum absolute atomic E-state index is 0.355. The molecule has 0 rings (SSSR count). The maximum Gasteiger partial charge on any atom is 0.155 e. The molecule has 0 aromatic heterocycles. The summed E-state index contributed by atoms with van der Waals surface area (Å²) in [6.45, 7) is 8.41. The summed E-state index contributed by atoms with van der Waals surface area (Å²) in [4.78, 5) is 0. The van der Waals surface area contributed by atoms with Crippen molar-refractivity contribution in [3.8, 4) is 0 Å². The van der Waals surface area contributed by atoms with Crippen molar-refractivity contribution in [2.75, 3.05) is 5.75 Å². The van der Waals surface area contributed by atoms with Gasteiger partial charge in [-0.05, 0) is 26.2 Å². The van der Waals surface area contributed by atoms with Crippen LogP contribution in [0.4, 0.5) is 0 Å².